The van der Waals surface area contributed by atoms with Crippen LogP contribution in [0.1, 0.15) is 41.0 Å². The first-order chi connectivity index (χ1) is 8.06. The lowest BCUT2D eigenvalue weighted by atomic mass is 9.81. The molecule has 0 aromatic rings. The second-order valence-electron chi connectivity index (χ2n) is 6.01. The molecular weight excluding hydrogens is 237 g/mol. The predicted molar refractivity (Wildman–Crippen MR) is 66.1 cm³/mol. The SMILES string of the molecule is CC(=O)[C@]1(F)CN(C(=O)OC(C)(C)C)CCC1C. The molecule has 0 aromatic carbocycles. The summed E-state index contributed by atoms with van der Waals surface area (Å²) in [5.41, 5.74) is -2.56. The Morgan fingerprint density at radius 2 is 1.94 bits per heavy atom. The molecule has 1 aliphatic rings. The number of halogens is 1. The van der Waals surface area contributed by atoms with Crippen molar-refractivity contribution >= 4 is 11.9 Å². The van der Waals surface area contributed by atoms with E-state index in [9.17, 15) is 14.0 Å². The van der Waals surface area contributed by atoms with Gasteiger partial charge in [0.25, 0.3) is 0 Å². The maximum atomic E-state index is 14.5. The lowest BCUT2D eigenvalue weighted by Crippen LogP contribution is -2.56. The molecule has 4 nitrogen and oxygen atoms in total. The van der Waals surface area contributed by atoms with Crippen LogP contribution in [0.3, 0.4) is 0 Å². The quantitative estimate of drug-likeness (QED) is 0.727. The number of carbonyl (C=O) groups excluding carboxylic acids is 2. The van der Waals surface area contributed by atoms with Crippen LogP contribution in [-0.2, 0) is 9.53 Å². The van der Waals surface area contributed by atoms with Crippen LogP contribution in [0.5, 0.6) is 0 Å². The van der Waals surface area contributed by atoms with Gasteiger partial charge in [-0.3, -0.25) is 4.79 Å². The predicted octanol–water partition coefficient (Wildman–Crippen LogP) is 2.56. The number of ketones is 1. The van der Waals surface area contributed by atoms with Crippen molar-refractivity contribution in [2.75, 3.05) is 13.1 Å². The van der Waals surface area contributed by atoms with E-state index >= 15 is 0 Å². The van der Waals surface area contributed by atoms with Crippen molar-refractivity contribution in [2.24, 2.45) is 5.92 Å². The summed E-state index contributed by atoms with van der Waals surface area (Å²) in [6.45, 7) is 8.41. The highest BCUT2D eigenvalue weighted by Crippen LogP contribution is 2.32. The third-order valence-corrected chi connectivity index (χ3v) is 3.27. The number of amides is 1. The Kier molecular flexibility index (Phi) is 4.03. The van der Waals surface area contributed by atoms with Crippen molar-refractivity contribution in [1.29, 1.82) is 0 Å². The third kappa shape index (κ3) is 3.21. The normalized spacial score (nSPS) is 29.0. The number of alkyl halides is 1. The van der Waals surface area contributed by atoms with Crippen LogP contribution in [-0.4, -0.2) is 41.1 Å². The van der Waals surface area contributed by atoms with E-state index in [1.165, 1.54) is 11.8 Å². The van der Waals surface area contributed by atoms with E-state index in [1.807, 2.05) is 0 Å². The molecular formula is C13H22FNO3. The standard InChI is InChI=1S/C13H22FNO3/c1-9-6-7-15(8-13(9,14)10(2)16)11(17)18-12(3,4)5/h9H,6-8H2,1-5H3/t9?,13-/m0/s1. The molecule has 1 aliphatic heterocycles. The number of piperidine rings is 1. The third-order valence-electron chi connectivity index (χ3n) is 3.27. The number of carbonyl (C=O) groups is 2. The Bertz CT molecular complexity index is 351. The number of nitrogens with zero attached hydrogens (tertiary/aromatic N) is 1. The highest BCUT2D eigenvalue weighted by Gasteiger charge is 2.47. The van der Waals surface area contributed by atoms with Gasteiger partial charge in [0.15, 0.2) is 11.5 Å². The van der Waals surface area contributed by atoms with Gasteiger partial charge in [-0.15, -0.1) is 0 Å². The van der Waals surface area contributed by atoms with Crippen LogP contribution >= 0.6 is 0 Å². The van der Waals surface area contributed by atoms with Gasteiger partial charge in [-0.1, -0.05) is 6.92 Å². The van der Waals surface area contributed by atoms with E-state index < -0.39 is 23.1 Å². The van der Waals surface area contributed by atoms with E-state index in [4.69, 9.17) is 4.74 Å². The van der Waals surface area contributed by atoms with Gasteiger partial charge in [-0.2, -0.15) is 0 Å². The molecule has 1 rings (SSSR count). The van der Waals surface area contributed by atoms with Gasteiger partial charge in [-0.25, -0.2) is 9.18 Å². The van der Waals surface area contributed by atoms with Gasteiger partial charge in [0.2, 0.25) is 0 Å². The highest BCUT2D eigenvalue weighted by molar-refractivity contribution is 5.86. The van der Waals surface area contributed by atoms with E-state index in [1.54, 1.807) is 27.7 Å². The zero-order valence-corrected chi connectivity index (χ0v) is 11.7. The fraction of sp³-hybridized carbons (Fsp3) is 0.846. The molecule has 1 heterocycles. The average molecular weight is 259 g/mol. The van der Waals surface area contributed by atoms with E-state index in [-0.39, 0.29) is 12.5 Å². The molecule has 0 saturated carbocycles. The number of Topliss-reactive ketones (excluding diaryl/α,β-unsaturated/α-hetero) is 1. The molecule has 0 aromatic heterocycles. The Labute approximate surface area is 107 Å². The minimum absolute atomic E-state index is 0.210. The van der Waals surface area contributed by atoms with Crippen molar-refractivity contribution in [2.45, 2.75) is 52.3 Å². The minimum Gasteiger partial charge on any atom is -0.444 e. The number of rotatable bonds is 1. The van der Waals surface area contributed by atoms with Crippen LogP contribution in [0.15, 0.2) is 0 Å². The fourth-order valence-electron chi connectivity index (χ4n) is 2.03. The minimum atomic E-state index is -1.95. The molecule has 0 aliphatic carbocycles. The summed E-state index contributed by atoms with van der Waals surface area (Å²) < 4.78 is 19.7. The monoisotopic (exact) mass is 259 g/mol. The number of hydrogen-bond donors (Lipinski definition) is 0. The van der Waals surface area contributed by atoms with Crippen molar-refractivity contribution in [3.63, 3.8) is 0 Å². The van der Waals surface area contributed by atoms with Crippen LogP contribution < -0.4 is 0 Å². The lowest BCUT2D eigenvalue weighted by Gasteiger charge is -2.40. The van der Waals surface area contributed by atoms with Crippen LogP contribution in [0.4, 0.5) is 9.18 Å². The number of hydrogen-bond acceptors (Lipinski definition) is 3. The Morgan fingerprint density at radius 1 is 1.39 bits per heavy atom. The molecule has 18 heavy (non-hydrogen) atoms. The van der Waals surface area contributed by atoms with Crippen molar-refractivity contribution in [3.8, 4) is 0 Å². The summed E-state index contributed by atoms with van der Waals surface area (Å²) in [5.74, 6) is -0.892. The largest absolute Gasteiger partial charge is 0.444 e. The molecule has 0 radical (unpaired) electrons. The summed E-state index contributed by atoms with van der Waals surface area (Å²) in [6.07, 6.45) is -0.0901. The number of likely N-dealkylation sites (tertiary alicyclic amines) is 1. The maximum absolute atomic E-state index is 14.5. The molecule has 0 bridgehead atoms. The second kappa shape index (κ2) is 4.86. The summed E-state index contributed by atoms with van der Waals surface area (Å²) >= 11 is 0. The summed E-state index contributed by atoms with van der Waals surface area (Å²) in [6, 6.07) is 0. The maximum Gasteiger partial charge on any atom is 0.410 e. The molecule has 1 saturated heterocycles. The summed E-state index contributed by atoms with van der Waals surface area (Å²) in [4.78, 5) is 24.6. The molecule has 2 atom stereocenters. The molecule has 104 valence electrons. The zero-order valence-electron chi connectivity index (χ0n) is 11.7. The van der Waals surface area contributed by atoms with Gasteiger partial charge in [0.1, 0.15) is 5.60 Å². The summed E-state index contributed by atoms with van der Waals surface area (Å²) in [7, 11) is 0. The van der Waals surface area contributed by atoms with Crippen LogP contribution in [0.25, 0.3) is 0 Å². The number of ether oxygens (including phenoxy) is 1. The topological polar surface area (TPSA) is 46.6 Å². The van der Waals surface area contributed by atoms with Gasteiger partial charge in [-0.05, 0) is 34.1 Å². The smallest absolute Gasteiger partial charge is 0.410 e. The van der Waals surface area contributed by atoms with Crippen LogP contribution in [0, 0.1) is 5.92 Å². The van der Waals surface area contributed by atoms with Gasteiger partial charge >= 0.3 is 6.09 Å². The summed E-state index contributed by atoms with van der Waals surface area (Å²) in [5, 5.41) is 0. The molecule has 1 amide bonds. The van der Waals surface area contributed by atoms with Crippen molar-refractivity contribution in [1.82, 2.24) is 4.90 Å². The molecule has 1 fully saturated rings. The fourth-order valence-corrected chi connectivity index (χ4v) is 2.03. The Hall–Kier alpha value is -1.13. The molecule has 1 unspecified atom stereocenters. The van der Waals surface area contributed by atoms with Gasteiger partial charge in [0.05, 0.1) is 6.54 Å². The van der Waals surface area contributed by atoms with E-state index in [0.29, 0.717) is 13.0 Å². The molecule has 0 spiro atoms. The first-order valence-electron chi connectivity index (χ1n) is 6.24. The first-order valence-corrected chi connectivity index (χ1v) is 6.24. The van der Waals surface area contributed by atoms with Crippen LogP contribution in [0.2, 0.25) is 0 Å². The van der Waals surface area contributed by atoms with Gasteiger partial charge in [0, 0.05) is 12.5 Å². The lowest BCUT2D eigenvalue weighted by molar-refractivity contribution is -0.135. The van der Waals surface area contributed by atoms with Crippen molar-refractivity contribution < 1.29 is 18.7 Å². The Morgan fingerprint density at radius 3 is 2.39 bits per heavy atom. The molecule has 5 heteroatoms. The van der Waals surface area contributed by atoms with E-state index in [2.05, 4.69) is 0 Å². The Balaban J connectivity index is 2.77. The molecule has 0 N–H and O–H groups in total. The zero-order chi connectivity index (χ0) is 14.1. The second-order valence-corrected chi connectivity index (χ2v) is 6.01. The first kappa shape index (κ1) is 14.9. The highest BCUT2D eigenvalue weighted by atomic mass is 19.1. The van der Waals surface area contributed by atoms with Crippen molar-refractivity contribution in [3.05, 3.63) is 0 Å². The van der Waals surface area contributed by atoms with Gasteiger partial charge < -0.3 is 9.64 Å². The van der Waals surface area contributed by atoms with E-state index in [0.717, 1.165) is 0 Å². The average Bonchev–Trinajstić information content (AvgIpc) is 2.19.